The summed E-state index contributed by atoms with van der Waals surface area (Å²) in [5.41, 5.74) is 6.71. The average Bonchev–Trinajstić information content (AvgIpc) is 2.66. The van der Waals surface area contributed by atoms with Gasteiger partial charge in [0.1, 0.15) is 0 Å². The molecule has 1 heteroatoms. The first kappa shape index (κ1) is 18.9. The fourth-order valence-electron chi connectivity index (χ4n) is 2.94. The minimum absolute atomic E-state index is 0.861. The third kappa shape index (κ3) is 5.56. The molecular weight excluding hydrogens is 302 g/mol. The summed E-state index contributed by atoms with van der Waals surface area (Å²) in [5, 5.41) is 0. The van der Waals surface area contributed by atoms with E-state index in [-0.39, 0.29) is 0 Å². The van der Waals surface area contributed by atoms with Crippen LogP contribution >= 0.6 is 0 Å². The van der Waals surface area contributed by atoms with E-state index in [0.29, 0.717) is 0 Å². The van der Waals surface area contributed by atoms with Crippen LogP contribution in [0.25, 0.3) is 0 Å². The second-order valence-corrected chi connectivity index (χ2v) is 6.31. The third-order valence-electron chi connectivity index (χ3n) is 4.40. The van der Waals surface area contributed by atoms with Crippen LogP contribution < -0.4 is 0 Å². The highest BCUT2D eigenvalue weighted by Crippen LogP contribution is 2.23. The Morgan fingerprint density at radius 1 is 1.16 bits per heavy atom. The molecule has 0 spiro atoms. The van der Waals surface area contributed by atoms with Crippen LogP contribution in [0.3, 0.4) is 0 Å². The highest BCUT2D eigenvalue weighted by atomic mass is 14.8. The molecule has 0 bridgehead atoms. The number of rotatable bonds is 6. The second kappa shape index (κ2) is 9.78. The molecule has 0 heterocycles. The molecule has 0 N–H and O–H groups in total. The molecule has 0 aromatic heterocycles. The van der Waals surface area contributed by atoms with Crippen molar-refractivity contribution < 1.29 is 0 Å². The molecule has 2 aliphatic carbocycles. The van der Waals surface area contributed by atoms with Gasteiger partial charge >= 0.3 is 0 Å². The van der Waals surface area contributed by atoms with Gasteiger partial charge in [-0.15, -0.1) is 0 Å². The van der Waals surface area contributed by atoms with E-state index in [2.05, 4.69) is 81.2 Å². The van der Waals surface area contributed by atoms with Crippen molar-refractivity contribution in [1.29, 1.82) is 0 Å². The van der Waals surface area contributed by atoms with Crippen molar-refractivity contribution in [3.8, 4) is 0 Å². The summed E-state index contributed by atoms with van der Waals surface area (Å²) in [4.78, 5) is 4.90. The Kier molecular flexibility index (Phi) is 7.40. The van der Waals surface area contributed by atoms with Gasteiger partial charge in [0.2, 0.25) is 0 Å². The Morgan fingerprint density at radius 3 is 2.60 bits per heavy atom. The highest BCUT2D eigenvalue weighted by molar-refractivity contribution is 6.11. The van der Waals surface area contributed by atoms with Gasteiger partial charge in [0.05, 0.1) is 11.4 Å². The number of nitrogens with zero attached hydrogens (tertiary/aromatic N) is 1. The lowest BCUT2D eigenvalue weighted by Gasteiger charge is -2.12. The zero-order valence-electron chi connectivity index (χ0n) is 15.8. The Bertz CT molecular complexity index is 743. The number of allylic oxidation sites excluding steroid dienone is 14. The standard InChI is InChI=1S/C24H29N/c1-5-13-21(6-2)24(18-19(3)22-14-9-7-10-15-22)25-20(4)23-16-11-8-12-17-23/h5-6,8-9,11,13-16,18H,4,7,10,12,17H2,1-3H3/b13-5-,19-18+,21-6+,25-24?. The Hall–Kier alpha value is -2.41. The molecule has 0 radical (unpaired) electrons. The van der Waals surface area contributed by atoms with Gasteiger partial charge in [0.15, 0.2) is 0 Å². The summed E-state index contributed by atoms with van der Waals surface area (Å²) < 4.78 is 0. The van der Waals surface area contributed by atoms with E-state index < -0.39 is 0 Å². The van der Waals surface area contributed by atoms with Crippen LogP contribution in [0.4, 0.5) is 0 Å². The molecule has 0 saturated heterocycles. The van der Waals surface area contributed by atoms with Gasteiger partial charge in [0.25, 0.3) is 0 Å². The third-order valence-corrected chi connectivity index (χ3v) is 4.40. The zero-order chi connectivity index (χ0) is 18.1. The van der Waals surface area contributed by atoms with Crippen molar-refractivity contribution in [3.05, 3.63) is 95.3 Å². The Labute approximate surface area is 152 Å². The topological polar surface area (TPSA) is 12.4 Å². The molecule has 0 aromatic carbocycles. The van der Waals surface area contributed by atoms with E-state index in [0.717, 1.165) is 42.7 Å². The molecular formula is C24H29N. The van der Waals surface area contributed by atoms with Gasteiger partial charge < -0.3 is 0 Å². The summed E-state index contributed by atoms with van der Waals surface area (Å²) >= 11 is 0. The van der Waals surface area contributed by atoms with Crippen molar-refractivity contribution in [1.82, 2.24) is 0 Å². The smallest absolute Gasteiger partial charge is 0.0708 e. The van der Waals surface area contributed by atoms with Crippen molar-refractivity contribution in [2.75, 3.05) is 0 Å². The van der Waals surface area contributed by atoms with Crippen molar-refractivity contribution in [3.63, 3.8) is 0 Å². The number of hydrogen-bond donors (Lipinski definition) is 0. The van der Waals surface area contributed by atoms with Crippen molar-refractivity contribution in [2.24, 2.45) is 4.99 Å². The lowest BCUT2D eigenvalue weighted by atomic mass is 9.97. The largest absolute Gasteiger partial charge is 0.249 e. The molecule has 0 saturated carbocycles. The van der Waals surface area contributed by atoms with E-state index in [4.69, 9.17) is 4.99 Å². The Morgan fingerprint density at radius 2 is 2.00 bits per heavy atom. The predicted octanol–water partition coefficient (Wildman–Crippen LogP) is 6.96. The maximum atomic E-state index is 4.90. The average molecular weight is 332 g/mol. The molecule has 0 amide bonds. The maximum absolute atomic E-state index is 4.90. The van der Waals surface area contributed by atoms with Crippen molar-refractivity contribution in [2.45, 2.75) is 46.5 Å². The van der Waals surface area contributed by atoms with Gasteiger partial charge in [-0.3, -0.25) is 0 Å². The minimum atomic E-state index is 0.861. The van der Waals surface area contributed by atoms with Crippen LogP contribution in [0.15, 0.2) is 100 Å². The summed E-state index contributed by atoms with van der Waals surface area (Å²) in [6, 6.07) is 0. The number of aliphatic imine (C=N–C) groups is 1. The summed E-state index contributed by atoms with van der Waals surface area (Å²) in [5.74, 6) is 0. The van der Waals surface area contributed by atoms with Crippen LogP contribution in [0, 0.1) is 0 Å². The van der Waals surface area contributed by atoms with Gasteiger partial charge in [-0.25, -0.2) is 4.99 Å². The summed E-state index contributed by atoms with van der Waals surface area (Å²) in [7, 11) is 0. The van der Waals surface area contributed by atoms with Gasteiger partial charge in [-0.05, 0) is 74.8 Å². The molecule has 25 heavy (non-hydrogen) atoms. The molecule has 2 rings (SSSR count). The molecule has 0 fully saturated rings. The van der Waals surface area contributed by atoms with E-state index in [1.54, 1.807) is 0 Å². The lowest BCUT2D eigenvalue weighted by molar-refractivity contribution is 0.964. The number of hydrogen-bond acceptors (Lipinski definition) is 1. The molecule has 0 aromatic rings. The highest BCUT2D eigenvalue weighted by Gasteiger charge is 2.08. The second-order valence-electron chi connectivity index (χ2n) is 6.31. The fraction of sp³-hybridized carbons (Fsp3) is 0.292. The maximum Gasteiger partial charge on any atom is 0.0708 e. The first-order valence-corrected chi connectivity index (χ1v) is 9.14. The predicted molar refractivity (Wildman–Crippen MR) is 112 cm³/mol. The van der Waals surface area contributed by atoms with Crippen LogP contribution in [0.5, 0.6) is 0 Å². The van der Waals surface area contributed by atoms with Gasteiger partial charge in [-0.1, -0.05) is 61.3 Å². The van der Waals surface area contributed by atoms with Crippen LogP contribution in [-0.4, -0.2) is 5.71 Å². The quantitative estimate of drug-likeness (QED) is 0.368. The molecule has 2 aliphatic rings. The molecule has 0 aliphatic heterocycles. The van der Waals surface area contributed by atoms with E-state index in [9.17, 15) is 0 Å². The minimum Gasteiger partial charge on any atom is -0.249 e. The summed E-state index contributed by atoms with van der Waals surface area (Å²) in [6.07, 6.45) is 25.9. The zero-order valence-corrected chi connectivity index (χ0v) is 15.8. The van der Waals surface area contributed by atoms with Crippen LogP contribution in [0.1, 0.15) is 46.5 Å². The van der Waals surface area contributed by atoms with E-state index in [1.165, 1.54) is 16.7 Å². The van der Waals surface area contributed by atoms with E-state index in [1.807, 2.05) is 6.92 Å². The fourth-order valence-corrected chi connectivity index (χ4v) is 2.94. The van der Waals surface area contributed by atoms with Crippen LogP contribution in [0.2, 0.25) is 0 Å². The SMILES string of the molecule is C=C(N=C(/C=C(\C)C1=CCCC=C1)C(/C=C\C)=C/C)C1=CC=CCC1. The molecule has 130 valence electrons. The monoisotopic (exact) mass is 331 g/mol. The first-order valence-electron chi connectivity index (χ1n) is 9.14. The molecule has 1 nitrogen and oxygen atoms in total. The van der Waals surface area contributed by atoms with Crippen LogP contribution in [-0.2, 0) is 0 Å². The van der Waals surface area contributed by atoms with E-state index >= 15 is 0 Å². The van der Waals surface area contributed by atoms with Gasteiger partial charge in [-0.2, -0.15) is 0 Å². The molecule has 0 unspecified atom stereocenters. The van der Waals surface area contributed by atoms with Gasteiger partial charge in [0, 0.05) is 0 Å². The first-order chi connectivity index (χ1) is 12.2. The lowest BCUT2D eigenvalue weighted by Crippen LogP contribution is -2.02. The normalized spacial score (nSPS) is 19.2. The molecule has 0 atom stereocenters. The van der Waals surface area contributed by atoms with Crippen molar-refractivity contribution >= 4 is 5.71 Å². The summed E-state index contributed by atoms with van der Waals surface area (Å²) in [6.45, 7) is 10.5. The Balaban J connectivity index is 2.39.